The molecule has 7 nitrogen and oxygen atoms in total. The molecule has 0 aliphatic carbocycles. The van der Waals surface area contributed by atoms with Crippen molar-refractivity contribution < 1.29 is 23.9 Å². The Labute approximate surface area is 195 Å². The van der Waals surface area contributed by atoms with Crippen LogP contribution >= 0.6 is 11.6 Å². The zero-order valence-corrected chi connectivity index (χ0v) is 18.6. The third-order valence-corrected chi connectivity index (χ3v) is 5.29. The molecular formula is C25H19ClN2O5. The van der Waals surface area contributed by atoms with E-state index in [1.165, 1.54) is 7.11 Å². The number of carbonyl (C=O) groups excluding carboxylic acids is 3. The molecule has 0 bridgehead atoms. The zero-order valence-electron chi connectivity index (χ0n) is 17.8. The van der Waals surface area contributed by atoms with Gasteiger partial charge in [-0.05, 0) is 61.0 Å². The van der Waals surface area contributed by atoms with E-state index in [0.29, 0.717) is 28.4 Å². The quantitative estimate of drug-likeness (QED) is 0.326. The van der Waals surface area contributed by atoms with Crippen LogP contribution in [0.1, 0.15) is 15.9 Å². The Morgan fingerprint density at radius 3 is 2.36 bits per heavy atom. The molecule has 0 radical (unpaired) electrons. The summed E-state index contributed by atoms with van der Waals surface area (Å²) in [5.41, 5.74) is 2.00. The summed E-state index contributed by atoms with van der Waals surface area (Å²) in [5.74, 6) is -0.977. The van der Waals surface area contributed by atoms with Crippen LogP contribution in [0.4, 0.5) is 11.4 Å². The molecule has 2 amide bonds. The number of benzene rings is 3. The predicted octanol–water partition coefficient (Wildman–Crippen LogP) is 4.66. The molecule has 1 aliphatic heterocycles. The van der Waals surface area contributed by atoms with E-state index in [1.807, 2.05) is 13.0 Å². The van der Waals surface area contributed by atoms with Gasteiger partial charge in [-0.3, -0.25) is 9.59 Å². The number of methoxy groups -OCH3 is 1. The molecule has 0 aromatic heterocycles. The average Bonchev–Trinajstić information content (AvgIpc) is 3.02. The number of amides is 2. The molecule has 1 N–H and O–H groups in total. The normalized spacial score (nSPS) is 13.4. The number of ether oxygens (including phenoxy) is 2. The third-order valence-electron chi connectivity index (χ3n) is 4.94. The minimum Gasteiger partial charge on any atom is -0.495 e. The minimum absolute atomic E-state index is 0.0670. The van der Waals surface area contributed by atoms with Crippen molar-refractivity contribution in [2.45, 2.75) is 6.92 Å². The number of hydrogen-bond donors (Lipinski definition) is 1. The number of aryl methyl sites for hydroxylation is 1. The lowest BCUT2D eigenvalue weighted by Crippen LogP contribution is -2.32. The van der Waals surface area contributed by atoms with Gasteiger partial charge < -0.3 is 14.8 Å². The molecule has 0 fully saturated rings. The first-order chi connectivity index (χ1) is 15.9. The average molecular weight is 463 g/mol. The molecule has 8 heteroatoms. The fourth-order valence-electron chi connectivity index (χ4n) is 3.32. The second-order valence-corrected chi connectivity index (χ2v) is 7.59. The third kappa shape index (κ3) is 4.44. The number of anilines is 2. The van der Waals surface area contributed by atoms with Gasteiger partial charge >= 0.3 is 5.97 Å². The number of halogens is 1. The monoisotopic (exact) mass is 462 g/mol. The largest absolute Gasteiger partial charge is 0.495 e. The Balaban J connectivity index is 1.50. The molecule has 3 aromatic carbocycles. The summed E-state index contributed by atoms with van der Waals surface area (Å²) in [6.45, 7) is 1.90. The van der Waals surface area contributed by atoms with Crippen molar-refractivity contribution in [1.29, 1.82) is 0 Å². The highest BCUT2D eigenvalue weighted by Crippen LogP contribution is 2.35. The SMILES string of the molecule is COc1ccccc1N1C(=O)C(Cl)=C(Nc2ccc(C(=O)Oc3cccc(C)c3)cc2)C1=O. The molecular weight excluding hydrogens is 444 g/mol. The second kappa shape index (κ2) is 9.18. The fourth-order valence-corrected chi connectivity index (χ4v) is 3.54. The van der Waals surface area contributed by atoms with Gasteiger partial charge in [0.25, 0.3) is 11.8 Å². The van der Waals surface area contributed by atoms with Crippen molar-refractivity contribution >= 4 is 40.8 Å². The standard InChI is InChI=1S/C25H19ClN2O5/c1-15-6-5-7-18(14-15)33-25(31)16-10-12-17(13-11-16)27-22-21(26)23(29)28(24(22)30)19-8-3-4-9-20(19)32-2/h3-14,27H,1-2H3. The molecule has 0 saturated heterocycles. The maximum atomic E-state index is 13.0. The van der Waals surface area contributed by atoms with Gasteiger partial charge in [-0.25, -0.2) is 9.69 Å². The minimum atomic E-state index is -0.660. The summed E-state index contributed by atoms with van der Waals surface area (Å²) in [6.07, 6.45) is 0. The van der Waals surface area contributed by atoms with Gasteiger partial charge in [0.05, 0.1) is 18.4 Å². The van der Waals surface area contributed by atoms with Crippen molar-refractivity contribution in [2.75, 3.05) is 17.3 Å². The fraction of sp³-hybridized carbons (Fsp3) is 0.0800. The van der Waals surface area contributed by atoms with Crippen LogP contribution in [0.3, 0.4) is 0 Å². The maximum absolute atomic E-state index is 13.0. The van der Waals surface area contributed by atoms with Crippen LogP contribution in [-0.2, 0) is 9.59 Å². The first kappa shape index (κ1) is 22.1. The number of rotatable bonds is 6. The van der Waals surface area contributed by atoms with Gasteiger partial charge in [0.1, 0.15) is 22.2 Å². The Morgan fingerprint density at radius 2 is 1.67 bits per heavy atom. The number of nitrogens with one attached hydrogen (secondary N) is 1. The van der Waals surface area contributed by atoms with Crippen molar-refractivity contribution in [3.63, 3.8) is 0 Å². The molecule has 33 heavy (non-hydrogen) atoms. The van der Waals surface area contributed by atoms with Gasteiger partial charge in [0.2, 0.25) is 0 Å². The van der Waals surface area contributed by atoms with E-state index in [1.54, 1.807) is 66.7 Å². The van der Waals surface area contributed by atoms with Crippen LogP contribution in [0.5, 0.6) is 11.5 Å². The van der Waals surface area contributed by atoms with Gasteiger partial charge in [0.15, 0.2) is 0 Å². The van der Waals surface area contributed by atoms with Crippen LogP contribution in [0.15, 0.2) is 83.5 Å². The molecule has 1 heterocycles. The van der Waals surface area contributed by atoms with E-state index >= 15 is 0 Å². The summed E-state index contributed by atoms with van der Waals surface area (Å²) in [7, 11) is 1.45. The van der Waals surface area contributed by atoms with E-state index in [4.69, 9.17) is 21.1 Å². The highest BCUT2D eigenvalue weighted by atomic mass is 35.5. The van der Waals surface area contributed by atoms with Crippen LogP contribution in [-0.4, -0.2) is 24.9 Å². The molecule has 0 atom stereocenters. The van der Waals surface area contributed by atoms with Gasteiger partial charge in [0, 0.05) is 5.69 Å². The zero-order chi connectivity index (χ0) is 23.5. The number of para-hydroxylation sites is 2. The Kier molecular flexibility index (Phi) is 6.15. The highest BCUT2D eigenvalue weighted by molar-refractivity contribution is 6.53. The summed E-state index contributed by atoms with van der Waals surface area (Å²) in [4.78, 5) is 39.0. The van der Waals surface area contributed by atoms with Crippen LogP contribution < -0.4 is 19.7 Å². The smallest absolute Gasteiger partial charge is 0.343 e. The Morgan fingerprint density at radius 1 is 0.939 bits per heavy atom. The number of carbonyl (C=O) groups is 3. The Hall–Kier alpha value is -4.10. The first-order valence-corrected chi connectivity index (χ1v) is 10.3. The molecule has 0 saturated carbocycles. The van der Waals surface area contributed by atoms with Gasteiger partial charge in [-0.1, -0.05) is 35.9 Å². The summed E-state index contributed by atoms with van der Waals surface area (Å²) >= 11 is 6.19. The van der Waals surface area contributed by atoms with Crippen molar-refractivity contribution in [3.05, 3.63) is 94.7 Å². The number of imide groups is 1. The van der Waals surface area contributed by atoms with E-state index in [9.17, 15) is 14.4 Å². The molecule has 0 unspecified atom stereocenters. The summed E-state index contributed by atoms with van der Waals surface area (Å²) in [6, 6.07) is 20.1. The lowest BCUT2D eigenvalue weighted by molar-refractivity contribution is -0.120. The van der Waals surface area contributed by atoms with Crippen LogP contribution in [0.25, 0.3) is 0 Å². The second-order valence-electron chi connectivity index (χ2n) is 7.21. The highest BCUT2D eigenvalue weighted by Gasteiger charge is 2.40. The van der Waals surface area contributed by atoms with Gasteiger partial charge in [-0.2, -0.15) is 0 Å². The van der Waals surface area contributed by atoms with E-state index in [2.05, 4.69) is 5.32 Å². The van der Waals surface area contributed by atoms with E-state index < -0.39 is 17.8 Å². The van der Waals surface area contributed by atoms with Crippen molar-refractivity contribution in [2.24, 2.45) is 0 Å². The molecule has 1 aliphatic rings. The lowest BCUT2D eigenvalue weighted by atomic mass is 10.2. The predicted molar refractivity (Wildman–Crippen MR) is 125 cm³/mol. The summed E-state index contributed by atoms with van der Waals surface area (Å²) in [5, 5.41) is 2.63. The number of hydrogen-bond acceptors (Lipinski definition) is 6. The van der Waals surface area contributed by atoms with Crippen LogP contribution in [0, 0.1) is 6.92 Å². The topological polar surface area (TPSA) is 84.9 Å². The van der Waals surface area contributed by atoms with Crippen molar-refractivity contribution in [3.8, 4) is 11.5 Å². The number of nitrogens with zero attached hydrogens (tertiary/aromatic N) is 1. The Bertz CT molecular complexity index is 1280. The molecule has 3 aromatic rings. The number of esters is 1. The van der Waals surface area contributed by atoms with E-state index in [0.717, 1.165) is 10.5 Å². The maximum Gasteiger partial charge on any atom is 0.343 e. The van der Waals surface area contributed by atoms with Crippen molar-refractivity contribution in [1.82, 2.24) is 0 Å². The molecule has 4 rings (SSSR count). The summed E-state index contributed by atoms with van der Waals surface area (Å²) < 4.78 is 10.6. The van der Waals surface area contributed by atoms with Gasteiger partial charge in [-0.15, -0.1) is 0 Å². The molecule has 166 valence electrons. The van der Waals surface area contributed by atoms with Crippen LogP contribution in [0.2, 0.25) is 0 Å². The molecule has 0 spiro atoms. The first-order valence-electron chi connectivity index (χ1n) is 9.96. The lowest BCUT2D eigenvalue weighted by Gasteiger charge is -2.17. The van der Waals surface area contributed by atoms with E-state index in [-0.39, 0.29) is 10.7 Å².